The van der Waals surface area contributed by atoms with Crippen molar-refractivity contribution in [2.75, 3.05) is 6.54 Å². The lowest BCUT2D eigenvalue weighted by molar-refractivity contribution is 0.488. The summed E-state index contributed by atoms with van der Waals surface area (Å²) in [5, 5.41) is 5.68. The lowest BCUT2D eigenvalue weighted by atomic mass is 10.1. The molecule has 80 valence electrons. The molecule has 0 saturated heterocycles. The molecule has 0 amide bonds. The number of hydrogen-bond donors (Lipinski definition) is 1. The molecule has 1 N–H and O–H groups in total. The van der Waals surface area contributed by atoms with Crippen LogP contribution in [0.4, 0.5) is 0 Å². The van der Waals surface area contributed by atoms with Crippen molar-refractivity contribution in [3.8, 4) is 0 Å². The minimum atomic E-state index is 0.639. The van der Waals surface area contributed by atoms with Gasteiger partial charge in [0.05, 0.1) is 0 Å². The molecule has 0 saturated carbocycles. The van der Waals surface area contributed by atoms with E-state index >= 15 is 0 Å². The number of likely N-dealkylation sites (N-methyl/N-ethyl adjacent to an activating group) is 1. The Labute approximate surface area is 99.0 Å². The Balaban J connectivity index is 2.50. The van der Waals surface area contributed by atoms with Crippen LogP contribution in [0.1, 0.15) is 31.6 Å². The second-order valence-corrected chi connectivity index (χ2v) is 5.29. The van der Waals surface area contributed by atoms with E-state index in [1.165, 1.54) is 22.2 Å². The van der Waals surface area contributed by atoms with Crippen LogP contribution in [0.15, 0.2) is 15.9 Å². The second-order valence-electron chi connectivity index (χ2n) is 3.44. The van der Waals surface area contributed by atoms with E-state index in [0.717, 1.165) is 13.0 Å². The monoisotopic (exact) mass is 275 g/mol. The van der Waals surface area contributed by atoms with E-state index in [-0.39, 0.29) is 0 Å². The van der Waals surface area contributed by atoms with Crippen molar-refractivity contribution in [2.24, 2.45) is 0 Å². The highest BCUT2D eigenvalue weighted by Gasteiger charge is 2.10. The minimum absolute atomic E-state index is 0.639. The number of halogens is 1. The predicted octanol–water partition coefficient (Wildman–Crippen LogP) is 3.83. The molecule has 1 unspecified atom stereocenters. The van der Waals surface area contributed by atoms with Crippen molar-refractivity contribution in [1.82, 2.24) is 5.32 Å². The third-order valence-corrected chi connectivity index (χ3v) is 4.20. The molecule has 0 bridgehead atoms. The van der Waals surface area contributed by atoms with Crippen LogP contribution in [0.5, 0.6) is 0 Å². The van der Waals surface area contributed by atoms with Gasteiger partial charge in [0.1, 0.15) is 0 Å². The summed E-state index contributed by atoms with van der Waals surface area (Å²) in [6, 6.07) is 2.77. The van der Waals surface area contributed by atoms with E-state index in [1.807, 2.05) is 11.3 Å². The largest absolute Gasteiger partial charge is 0.314 e. The van der Waals surface area contributed by atoms with Gasteiger partial charge in [-0.2, -0.15) is 0 Å². The quantitative estimate of drug-likeness (QED) is 0.832. The first kappa shape index (κ1) is 12.2. The summed E-state index contributed by atoms with van der Waals surface area (Å²) in [4.78, 5) is 1.46. The summed E-state index contributed by atoms with van der Waals surface area (Å²) in [7, 11) is 0. The van der Waals surface area contributed by atoms with Gasteiger partial charge in [-0.05, 0) is 46.8 Å². The molecule has 3 heteroatoms. The Hall–Kier alpha value is 0.140. The SMILES string of the molecule is CCCC(Cc1sccc1Br)NCC. The van der Waals surface area contributed by atoms with Crippen LogP contribution >= 0.6 is 27.3 Å². The van der Waals surface area contributed by atoms with Crippen molar-refractivity contribution in [3.05, 3.63) is 20.8 Å². The fraction of sp³-hybridized carbons (Fsp3) is 0.636. The Morgan fingerprint density at radius 1 is 1.50 bits per heavy atom. The van der Waals surface area contributed by atoms with Crippen molar-refractivity contribution in [1.29, 1.82) is 0 Å². The molecule has 0 radical (unpaired) electrons. The standard InChI is InChI=1S/C11H18BrNS/c1-3-5-9(13-4-2)8-11-10(12)6-7-14-11/h6-7,9,13H,3-5,8H2,1-2H3. The molecular formula is C11H18BrNS. The molecule has 1 aromatic heterocycles. The first-order valence-electron chi connectivity index (χ1n) is 5.23. The summed E-state index contributed by atoms with van der Waals surface area (Å²) in [6.45, 7) is 5.48. The van der Waals surface area contributed by atoms with Crippen LogP contribution in [-0.2, 0) is 6.42 Å². The molecule has 0 aliphatic rings. The van der Waals surface area contributed by atoms with Gasteiger partial charge in [0.25, 0.3) is 0 Å². The summed E-state index contributed by atoms with van der Waals surface area (Å²) >= 11 is 5.42. The molecule has 0 aromatic carbocycles. The van der Waals surface area contributed by atoms with E-state index in [4.69, 9.17) is 0 Å². The molecule has 14 heavy (non-hydrogen) atoms. The summed E-state index contributed by atoms with van der Waals surface area (Å²) in [5.41, 5.74) is 0. The van der Waals surface area contributed by atoms with Crippen molar-refractivity contribution in [2.45, 2.75) is 39.2 Å². The highest BCUT2D eigenvalue weighted by atomic mass is 79.9. The zero-order valence-corrected chi connectivity index (χ0v) is 11.2. The van der Waals surface area contributed by atoms with Gasteiger partial charge in [-0.15, -0.1) is 11.3 Å². The van der Waals surface area contributed by atoms with Crippen molar-refractivity contribution in [3.63, 3.8) is 0 Å². The second kappa shape index (κ2) is 6.59. The van der Waals surface area contributed by atoms with Crippen LogP contribution in [0, 0.1) is 0 Å². The molecule has 1 rings (SSSR count). The smallest absolute Gasteiger partial charge is 0.0314 e. The Kier molecular flexibility index (Phi) is 5.75. The van der Waals surface area contributed by atoms with Gasteiger partial charge in [0.15, 0.2) is 0 Å². The fourth-order valence-electron chi connectivity index (χ4n) is 1.61. The van der Waals surface area contributed by atoms with E-state index in [9.17, 15) is 0 Å². The third-order valence-electron chi connectivity index (χ3n) is 2.25. The molecule has 0 aliphatic carbocycles. The lowest BCUT2D eigenvalue weighted by Crippen LogP contribution is -2.30. The number of rotatable bonds is 6. The maximum atomic E-state index is 3.58. The molecule has 1 nitrogen and oxygen atoms in total. The van der Waals surface area contributed by atoms with Gasteiger partial charge < -0.3 is 5.32 Å². The van der Waals surface area contributed by atoms with Crippen molar-refractivity contribution >= 4 is 27.3 Å². The van der Waals surface area contributed by atoms with Crippen LogP contribution in [-0.4, -0.2) is 12.6 Å². The van der Waals surface area contributed by atoms with Gasteiger partial charge >= 0.3 is 0 Å². The maximum Gasteiger partial charge on any atom is 0.0314 e. The van der Waals surface area contributed by atoms with E-state index in [2.05, 4.69) is 46.5 Å². The molecule has 0 spiro atoms. The molecule has 1 heterocycles. The number of hydrogen-bond acceptors (Lipinski definition) is 2. The van der Waals surface area contributed by atoms with Gasteiger partial charge in [-0.25, -0.2) is 0 Å². The van der Waals surface area contributed by atoms with Gasteiger partial charge in [0, 0.05) is 15.4 Å². The van der Waals surface area contributed by atoms with Crippen molar-refractivity contribution < 1.29 is 0 Å². The van der Waals surface area contributed by atoms with Crippen LogP contribution in [0.25, 0.3) is 0 Å². The number of thiophene rings is 1. The zero-order valence-electron chi connectivity index (χ0n) is 8.85. The Morgan fingerprint density at radius 3 is 2.79 bits per heavy atom. The normalized spacial score (nSPS) is 13.1. The third kappa shape index (κ3) is 3.71. The maximum absolute atomic E-state index is 3.58. The van der Waals surface area contributed by atoms with Gasteiger partial charge in [-0.3, -0.25) is 0 Å². The highest BCUT2D eigenvalue weighted by molar-refractivity contribution is 9.10. The first-order chi connectivity index (χ1) is 6.77. The van der Waals surface area contributed by atoms with Crippen LogP contribution in [0.2, 0.25) is 0 Å². The Bertz CT molecular complexity index is 254. The van der Waals surface area contributed by atoms with Crippen LogP contribution in [0.3, 0.4) is 0 Å². The average Bonchev–Trinajstić information content (AvgIpc) is 2.53. The summed E-state index contributed by atoms with van der Waals surface area (Å²) in [6.07, 6.45) is 3.67. The van der Waals surface area contributed by atoms with E-state index < -0.39 is 0 Å². The molecule has 0 fully saturated rings. The van der Waals surface area contributed by atoms with E-state index in [0.29, 0.717) is 6.04 Å². The summed E-state index contributed by atoms with van der Waals surface area (Å²) < 4.78 is 1.27. The number of nitrogens with one attached hydrogen (secondary N) is 1. The Morgan fingerprint density at radius 2 is 2.29 bits per heavy atom. The topological polar surface area (TPSA) is 12.0 Å². The summed E-state index contributed by atoms with van der Waals surface area (Å²) in [5.74, 6) is 0. The predicted molar refractivity (Wildman–Crippen MR) is 68.1 cm³/mol. The molecular weight excluding hydrogens is 258 g/mol. The highest BCUT2D eigenvalue weighted by Crippen LogP contribution is 2.24. The molecule has 1 aromatic rings. The molecule has 0 aliphatic heterocycles. The van der Waals surface area contributed by atoms with Gasteiger partial charge in [0.2, 0.25) is 0 Å². The minimum Gasteiger partial charge on any atom is -0.314 e. The first-order valence-corrected chi connectivity index (χ1v) is 6.90. The van der Waals surface area contributed by atoms with E-state index in [1.54, 1.807) is 0 Å². The van der Waals surface area contributed by atoms with Crippen LogP contribution < -0.4 is 5.32 Å². The fourth-order valence-corrected chi connectivity index (χ4v) is 3.20. The average molecular weight is 276 g/mol. The molecule has 1 atom stereocenters. The lowest BCUT2D eigenvalue weighted by Gasteiger charge is -2.16. The zero-order chi connectivity index (χ0) is 10.4. The van der Waals surface area contributed by atoms with Gasteiger partial charge in [-0.1, -0.05) is 20.3 Å².